The number of aliphatic hydroxyl groups excluding tert-OH is 1. The quantitative estimate of drug-likeness (QED) is 0.866. The van der Waals surface area contributed by atoms with Crippen LogP contribution in [0.1, 0.15) is 5.56 Å². The van der Waals surface area contributed by atoms with Gasteiger partial charge in [0.1, 0.15) is 6.61 Å². The summed E-state index contributed by atoms with van der Waals surface area (Å²) >= 11 is 3.32. The van der Waals surface area contributed by atoms with Gasteiger partial charge in [-0.25, -0.2) is 8.78 Å². The predicted molar refractivity (Wildman–Crippen MR) is 57.9 cm³/mol. The van der Waals surface area contributed by atoms with Crippen LogP contribution in [0.5, 0.6) is 0 Å². The fourth-order valence-electron chi connectivity index (χ4n) is 1.08. The molecule has 2 nitrogen and oxygen atoms in total. The molecule has 1 rings (SSSR count). The highest BCUT2D eigenvalue weighted by molar-refractivity contribution is 9.10. The minimum atomic E-state index is -3.05. The van der Waals surface area contributed by atoms with E-state index >= 15 is 0 Å². The summed E-state index contributed by atoms with van der Waals surface area (Å²) in [5.41, 5.74) is 0.909. The van der Waals surface area contributed by atoms with Crippen LogP contribution in [-0.2, 0) is 6.54 Å². The summed E-state index contributed by atoms with van der Waals surface area (Å²) in [6.45, 7) is -1.31. The number of benzene rings is 1. The van der Waals surface area contributed by atoms with Gasteiger partial charge in [0.25, 0.3) is 5.92 Å². The molecule has 84 valence electrons. The van der Waals surface area contributed by atoms with Crippen molar-refractivity contribution >= 4 is 15.9 Å². The van der Waals surface area contributed by atoms with Crippen molar-refractivity contribution in [3.05, 3.63) is 34.3 Å². The monoisotopic (exact) mass is 279 g/mol. The SMILES string of the molecule is OCC(F)(F)CNCc1ccccc1Br. The average Bonchev–Trinajstić information content (AvgIpc) is 2.21. The Hall–Kier alpha value is -0.520. The summed E-state index contributed by atoms with van der Waals surface area (Å²) in [6.07, 6.45) is 0. The van der Waals surface area contributed by atoms with E-state index in [1.165, 1.54) is 0 Å². The van der Waals surface area contributed by atoms with E-state index in [0.717, 1.165) is 10.0 Å². The first-order valence-corrected chi connectivity index (χ1v) is 5.27. The molecule has 0 amide bonds. The Kier molecular flexibility index (Phi) is 4.63. The number of alkyl halides is 2. The van der Waals surface area contributed by atoms with Crippen molar-refractivity contribution in [2.75, 3.05) is 13.2 Å². The zero-order valence-corrected chi connectivity index (χ0v) is 9.60. The molecule has 0 aromatic heterocycles. The number of nitrogens with one attached hydrogen (secondary N) is 1. The van der Waals surface area contributed by atoms with E-state index in [0.29, 0.717) is 6.54 Å². The fraction of sp³-hybridized carbons (Fsp3) is 0.400. The lowest BCUT2D eigenvalue weighted by Gasteiger charge is -2.14. The number of hydrogen-bond acceptors (Lipinski definition) is 2. The molecular formula is C10H12BrF2NO. The average molecular weight is 280 g/mol. The molecule has 1 aromatic rings. The first-order valence-electron chi connectivity index (χ1n) is 4.48. The normalized spacial score (nSPS) is 11.7. The molecular weight excluding hydrogens is 268 g/mol. The Balaban J connectivity index is 2.42. The van der Waals surface area contributed by atoms with E-state index in [1.54, 1.807) is 0 Å². The Morgan fingerprint density at radius 1 is 1.33 bits per heavy atom. The van der Waals surface area contributed by atoms with Crippen LogP contribution in [0.15, 0.2) is 28.7 Å². The topological polar surface area (TPSA) is 32.3 Å². The summed E-state index contributed by atoms with van der Waals surface area (Å²) in [5.74, 6) is -3.05. The van der Waals surface area contributed by atoms with Crippen LogP contribution in [0.2, 0.25) is 0 Å². The van der Waals surface area contributed by atoms with Gasteiger partial charge in [0.2, 0.25) is 0 Å². The van der Waals surface area contributed by atoms with Crippen molar-refractivity contribution in [3.63, 3.8) is 0 Å². The third-order valence-electron chi connectivity index (χ3n) is 1.89. The lowest BCUT2D eigenvalue weighted by Crippen LogP contribution is -2.35. The van der Waals surface area contributed by atoms with Gasteiger partial charge >= 0.3 is 0 Å². The van der Waals surface area contributed by atoms with Gasteiger partial charge in [-0.15, -0.1) is 0 Å². The maximum Gasteiger partial charge on any atom is 0.282 e. The van der Waals surface area contributed by atoms with Crippen LogP contribution in [0.25, 0.3) is 0 Å². The van der Waals surface area contributed by atoms with Gasteiger partial charge in [0.05, 0.1) is 6.54 Å². The van der Waals surface area contributed by atoms with Gasteiger partial charge in [-0.3, -0.25) is 0 Å². The Labute approximate surface area is 95.4 Å². The first kappa shape index (κ1) is 12.5. The molecule has 15 heavy (non-hydrogen) atoms. The molecule has 0 radical (unpaired) electrons. The summed E-state index contributed by atoms with van der Waals surface area (Å²) in [4.78, 5) is 0. The highest BCUT2D eigenvalue weighted by Crippen LogP contribution is 2.16. The number of rotatable bonds is 5. The van der Waals surface area contributed by atoms with E-state index in [9.17, 15) is 8.78 Å². The highest BCUT2D eigenvalue weighted by Gasteiger charge is 2.26. The molecule has 1 aromatic carbocycles. The van der Waals surface area contributed by atoms with Gasteiger partial charge in [0, 0.05) is 11.0 Å². The molecule has 0 spiro atoms. The lowest BCUT2D eigenvalue weighted by molar-refractivity contribution is -0.0477. The molecule has 5 heteroatoms. The molecule has 2 N–H and O–H groups in total. The summed E-state index contributed by atoms with van der Waals surface area (Å²) in [5, 5.41) is 10.9. The molecule has 0 atom stereocenters. The molecule has 0 aliphatic heterocycles. The van der Waals surface area contributed by atoms with Gasteiger partial charge in [-0.2, -0.15) is 0 Å². The van der Waals surface area contributed by atoms with Gasteiger partial charge in [-0.05, 0) is 11.6 Å². The van der Waals surface area contributed by atoms with Gasteiger partial charge in [-0.1, -0.05) is 34.1 Å². The van der Waals surface area contributed by atoms with Crippen LogP contribution in [0, 0.1) is 0 Å². The molecule has 0 unspecified atom stereocenters. The number of aliphatic hydroxyl groups is 1. The second-order valence-corrected chi connectivity index (χ2v) is 4.06. The Morgan fingerprint density at radius 3 is 2.60 bits per heavy atom. The van der Waals surface area contributed by atoms with Crippen molar-refractivity contribution in [1.29, 1.82) is 0 Å². The van der Waals surface area contributed by atoms with Crippen molar-refractivity contribution in [1.82, 2.24) is 5.32 Å². The second kappa shape index (κ2) is 5.53. The number of hydrogen-bond donors (Lipinski definition) is 2. The molecule has 0 saturated carbocycles. The van der Waals surface area contributed by atoms with Crippen molar-refractivity contribution in [3.8, 4) is 0 Å². The Bertz CT molecular complexity index is 320. The largest absolute Gasteiger partial charge is 0.390 e. The van der Waals surface area contributed by atoms with E-state index in [4.69, 9.17) is 5.11 Å². The Morgan fingerprint density at radius 2 is 2.00 bits per heavy atom. The van der Waals surface area contributed by atoms with Gasteiger partial charge in [0.15, 0.2) is 0 Å². The molecule has 0 aliphatic carbocycles. The zero-order chi connectivity index (χ0) is 11.3. The maximum absolute atomic E-state index is 12.6. The van der Waals surface area contributed by atoms with E-state index in [1.807, 2.05) is 24.3 Å². The molecule has 0 bridgehead atoms. The molecule has 0 heterocycles. The minimum Gasteiger partial charge on any atom is -0.390 e. The van der Waals surface area contributed by atoms with Crippen molar-refractivity contribution in [2.24, 2.45) is 0 Å². The summed E-state index contributed by atoms with van der Waals surface area (Å²) in [7, 11) is 0. The van der Waals surface area contributed by atoms with Gasteiger partial charge < -0.3 is 10.4 Å². The van der Waals surface area contributed by atoms with E-state index in [-0.39, 0.29) is 0 Å². The molecule has 0 saturated heterocycles. The van der Waals surface area contributed by atoms with Crippen LogP contribution in [0.3, 0.4) is 0 Å². The van der Waals surface area contributed by atoms with E-state index < -0.39 is 19.1 Å². The lowest BCUT2D eigenvalue weighted by atomic mass is 10.2. The summed E-state index contributed by atoms with van der Waals surface area (Å²) < 4.78 is 26.1. The molecule has 0 aliphatic rings. The third-order valence-corrected chi connectivity index (χ3v) is 2.66. The second-order valence-electron chi connectivity index (χ2n) is 3.21. The standard InChI is InChI=1S/C10H12BrF2NO/c11-9-4-2-1-3-8(9)5-14-6-10(12,13)7-15/h1-4,14-15H,5-7H2. The van der Waals surface area contributed by atoms with Crippen LogP contribution < -0.4 is 5.32 Å². The van der Waals surface area contributed by atoms with Crippen molar-refractivity contribution < 1.29 is 13.9 Å². The highest BCUT2D eigenvalue weighted by atomic mass is 79.9. The van der Waals surface area contributed by atoms with E-state index in [2.05, 4.69) is 21.2 Å². The minimum absolute atomic E-state index is 0.344. The van der Waals surface area contributed by atoms with Crippen LogP contribution >= 0.6 is 15.9 Å². The third kappa shape index (κ3) is 4.24. The summed E-state index contributed by atoms with van der Waals surface area (Å²) in [6, 6.07) is 7.39. The first-order chi connectivity index (χ1) is 7.05. The van der Waals surface area contributed by atoms with Crippen LogP contribution in [0.4, 0.5) is 8.78 Å². The number of halogens is 3. The van der Waals surface area contributed by atoms with Crippen LogP contribution in [-0.4, -0.2) is 24.2 Å². The smallest absolute Gasteiger partial charge is 0.282 e. The maximum atomic E-state index is 12.6. The fourth-order valence-corrected chi connectivity index (χ4v) is 1.50. The molecule has 0 fully saturated rings. The van der Waals surface area contributed by atoms with Crippen molar-refractivity contribution in [2.45, 2.75) is 12.5 Å². The predicted octanol–water partition coefficient (Wildman–Crippen LogP) is 2.17. The zero-order valence-electron chi connectivity index (χ0n) is 8.01.